The standard InChI is InChI=1S/C11H15N3O2/c1-8-10(3-4-16-8)14(2)11-12-5-9(7-15)6-13-11/h5-8,10H,3-4H2,1-2H3. The summed E-state index contributed by atoms with van der Waals surface area (Å²) in [6, 6.07) is 0.307. The predicted octanol–water partition coefficient (Wildman–Crippen LogP) is 0.903. The first kappa shape index (κ1) is 11.0. The van der Waals surface area contributed by atoms with Crippen LogP contribution in [0.3, 0.4) is 0 Å². The van der Waals surface area contributed by atoms with E-state index in [1.165, 1.54) is 12.4 Å². The van der Waals surface area contributed by atoms with Gasteiger partial charge in [-0.05, 0) is 13.3 Å². The van der Waals surface area contributed by atoms with Gasteiger partial charge in [0.2, 0.25) is 5.95 Å². The first-order valence-electron chi connectivity index (χ1n) is 5.34. The Labute approximate surface area is 94.5 Å². The van der Waals surface area contributed by atoms with E-state index in [4.69, 9.17) is 4.74 Å². The smallest absolute Gasteiger partial charge is 0.225 e. The fourth-order valence-corrected chi connectivity index (χ4v) is 1.95. The average Bonchev–Trinajstić information content (AvgIpc) is 2.75. The van der Waals surface area contributed by atoms with Crippen LogP contribution in [-0.4, -0.2) is 42.1 Å². The summed E-state index contributed by atoms with van der Waals surface area (Å²) in [7, 11) is 1.95. The van der Waals surface area contributed by atoms with E-state index in [0.717, 1.165) is 19.3 Å². The summed E-state index contributed by atoms with van der Waals surface area (Å²) in [5.74, 6) is 0.632. The average molecular weight is 221 g/mol. The van der Waals surface area contributed by atoms with E-state index in [1.807, 2.05) is 18.9 Å². The zero-order valence-corrected chi connectivity index (χ0v) is 9.46. The van der Waals surface area contributed by atoms with Crippen LogP contribution in [0, 0.1) is 0 Å². The first-order valence-corrected chi connectivity index (χ1v) is 5.34. The van der Waals surface area contributed by atoms with E-state index in [2.05, 4.69) is 9.97 Å². The number of hydrogen-bond donors (Lipinski definition) is 0. The molecule has 2 heterocycles. The lowest BCUT2D eigenvalue weighted by Crippen LogP contribution is -2.37. The highest BCUT2D eigenvalue weighted by Crippen LogP contribution is 2.21. The monoisotopic (exact) mass is 221 g/mol. The number of aldehydes is 1. The van der Waals surface area contributed by atoms with Gasteiger partial charge < -0.3 is 9.64 Å². The number of likely N-dealkylation sites (N-methyl/N-ethyl adjacent to an activating group) is 1. The topological polar surface area (TPSA) is 55.3 Å². The molecule has 0 radical (unpaired) electrons. The number of carbonyl (C=O) groups excluding carboxylic acids is 1. The predicted molar refractivity (Wildman–Crippen MR) is 59.6 cm³/mol. The largest absolute Gasteiger partial charge is 0.376 e. The normalized spacial score (nSPS) is 24.4. The molecular formula is C11H15N3O2. The van der Waals surface area contributed by atoms with Gasteiger partial charge in [0.25, 0.3) is 0 Å². The van der Waals surface area contributed by atoms with E-state index in [-0.39, 0.29) is 6.10 Å². The highest BCUT2D eigenvalue weighted by molar-refractivity contribution is 5.73. The van der Waals surface area contributed by atoms with E-state index >= 15 is 0 Å². The van der Waals surface area contributed by atoms with Gasteiger partial charge in [0.05, 0.1) is 17.7 Å². The summed E-state index contributed by atoms with van der Waals surface area (Å²) < 4.78 is 5.50. The third-order valence-electron chi connectivity index (χ3n) is 2.94. The Balaban J connectivity index is 2.13. The van der Waals surface area contributed by atoms with Crippen LogP contribution in [-0.2, 0) is 4.74 Å². The van der Waals surface area contributed by atoms with Gasteiger partial charge in [0, 0.05) is 26.0 Å². The van der Waals surface area contributed by atoms with Crippen LogP contribution in [0.2, 0.25) is 0 Å². The molecule has 1 aliphatic rings. The second kappa shape index (κ2) is 4.57. The molecule has 1 aliphatic heterocycles. The summed E-state index contributed by atoms with van der Waals surface area (Å²) in [6.07, 6.45) is 4.99. The van der Waals surface area contributed by atoms with E-state index in [0.29, 0.717) is 17.6 Å². The van der Waals surface area contributed by atoms with Crippen molar-refractivity contribution in [1.82, 2.24) is 9.97 Å². The van der Waals surface area contributed by atoms with Crippen LogP contribution in [0.15, 0.2) is 12.4 Å². The lowest BCUT2D eigenvalue weighted by atomic mass is 10.1. The van der Waals surface area contributed by atoms with Gasteiger partial charge in [0.1, 0.15) is 0 Å². The van der Waals surface area contributed by atoms with Crippen LogP contribution in [0.5, 0.6) is 0 Å². The number of aromatic nitrogens is 2. The third-order valence-corrected chi connectivity index (χ3v) is 2.94. The maximum Gasteiger partial charge on any atom is 0.225 e. The summed E-state index contributed by atoms with van der Waals surface area (Å²) in [5.41, 5.74) is 0.493. The van der Waals surface area contributed by atoms with E-state index in [9.17, 15) is 4.79 Å². The summed E-state index contributed by atoms with van der Waals surface area (Å²) >= 11 is 0. The molecule has 2 unspecified atom stereocenters. The summed E-state index contributed by atoms with van der Waals surface area (Å²) in [5, 5.41) is 0. The molecule has 0 aromatic carbocycles. The molecule has 2 atom stereocenters. The molecule has 16 heavy (non-hydrogen) atoms. The van der Waals surface area contributed by atoms with Gasteiger partial charge in [-0.3, -0.25) is 4.79 Å². The molecule has 1 aromatic rings. The molecule has 1 aromatic heterocycles. The SMILES string of the molecule is CC1OCCC1N(C)c1ncc(C=O)cn1. The number of rotatable bonds is 3. The van der Waals surface area contributed by atoms with Crippen molar-refractivity contribution in [3.8, 4) is 0 Å². The molecule has 5 heteroatoms. The molecule has 0 N–H and O–H groups in total. The van der Waals surface area contributed by atoms with Gasteiger partial charge in [0.15, 0.2) is 6.29 Å². The van der Waals surface area contributed by atoms with Crippen molar-refractivity contribution in [1.29, 1.82) is 0 Å². The Bertz CT molecular complexity index is 366. The molecule has 0 saturated carbocycles. The minimum Gasteiger partial charge on any atom is -0.376 e. The molecular weight excluding hydrogens is 206 g/mol. The van der Waals surface area contributed by atoms with Crippen molar-refractivity contribution in [2.45, 2.75) is 25.5 Å². The van der Waals surface area contributed by atoms with Gasteiger partial charge in [-0.15, -0.1) is 0 Å². The lowest BCUT2D eigenvalue weighted by Gasteiger charge is -2.26. The van der Waals surface area contributed by atoms with Crippen LogP contribution in [0.4, 0.5) is 5.95 Å². The number of hydrogen-bond acceptors (Lipinski definition) is 5. The molecule has 1 fully saturated rings. The Morgan fingerprint density at radius 2 is 2.19 bits per heavy atom. The number of carbonyl (C=O) groups is 1. The van der Waals surface area contributed by atoms with Crippen LogP contribution < -0.4 is 4.90 Å². The van der Waals surface area contributed by atoms with Gasteiger partial charge in [-0.1, -0.05) is 0 Å². The van der Waals surface area contributed by atoms with Gasteiger partial charge in [-0.25, -0.2) is 9.97 Å². The van der Waals surface area contributed by atoms with Crippen molar-refractivity contribution >= 4 is 12.2 Å². The minimum atomic E-state index is 0.194. The number of nitrogens with zero attached hydrogens (tertiary/aromatic N) is 3. The van der Waals surface area contributed by atoms with E-state index < -0.39 is 0 Å². The van der Waals surface area contributed by atoms with Crippen LogP contribution in [0.25, 0.3) is 0 Å². The maximum absolute atomic E-state index is 10.5. The highest BCUT2D eigenvalue weighted by atomic mass is 16.5. The van der Waals surface area contributed by atoms with E-state index in [1.54, 1.807) is 0 Å². The molecule has 0 bridgehead atoms. The molecule has 0 amide bonds. The Morgan fingerprint density at radius 1 is 1.50 bits per heavy atom. The van der Waals surface area contributed by atoms with Crippen LogP contribution in [0.1, 0.15) is 23.7 Å². The Hall–Kier alpha value is -1.49. The van der Waals surface area contributed by atoms with Gasteiger partial charge in [-0.2, -0.15) is 0 Å². The molecule has 0 aliphatic carbocycles. The van der Waals surface area contributed by atoms with Crippen LogP contribution >= 0.6 is 0 Å². The molecule has 2 rings (SSSR count). The molecule has 5 nitrogen and oxygen atoms in total. The second-order valence-electron chi connectivity index (χ2n) is 3.98. The number of anilines is 1. The fraction of sp³-hybridized carbons (Fsp3) is 0.545. The minimum absolute atomic E-state index is 0.194. The summed E-state index contributed by atoms with van der Waals surface area (Å²) in [4.78, 5) is 20.8. The van der Waals surface area contributed by atoms with Crippen molar-refractivity contribution in [2.24, 2.45) is 0 Å². The van der Waals surface area contributed by atoms with Crippen molar-refractivity contribution in [3.05, 3.63) is 18.0 Å². The molecule has 0 spiro atoms. The third kappa shape index (κ3) is 2.04. The lowest BCUT2D eigenvalue weighted by molar-refractivity contribution is 0.112. The summed E-state index contributed by atoms with van der Waals surface area (Å²) in [6.45, 7) is 2.83. The van der Waals surface area contributed by atoms with Crippen molar-refractivity contribution in [3.63, 3.8) is 0 Å². The molecule has 86 valence electrons. The maximum atomic E-state index is 10.5. The zero-order valence-electron chi connectivity index (χ0n) is 9.46. The highest BCUT2D eigenvalue weighted by Gasteiger charge is 2.29. The quantitative estimate of drug-likeness (QED) is 0.710. The fourth-order valence-electron chi connectivity index (χ4n) is 1.95. The zero-order chi connectivity index (χ0) is 11.5. The van der Waals surface area contributed by atoms with Crippen molar-refractivity contribution < 1.29 is 9.53 Å². The number of ether oxygens (including phenoxy) is 1. The molecule has 1 saturated heterocycles. The van der Waals surface area contributed by atoms with Gasteiger partial charge >= 0.3 is 0 Å². The Morgan fingerprint density at radius 3 is 2.69 bits per heavy atom. The second-order valence-corrected chi connectivity index (χ2v) is 3.98. The Kier molecular flexibility index (Phi) is 3.14. The van der Waals surface area contributed by atoms with Crippen molar-refractivity contribution in [2.75, 3.05) is 18.6 Å². The first-order chi connectivity index (χ1) is 7.72.